The van der Waals surface area contributed by atoms with Gasteiger partial charge < -0.3 is 25.7 Å². The van der Waals surface area contributed by atoms with Crippen LogP contribution in [0.5, 0.6) is 0 Å². The first-order chi connectivity index (χ1) is 12.5. The molecule has 5 atom stereocenters. The van der Waals surface area contributed by atoms with Crippen LogP contribution in [0.3, 0.4) is 0 Å². The monoisotopic (exact) mass is 381 g/mol. The number of nitrogens with zero attached hydrogens (tertiary/aromatic N) is 1. The van der Waals surface area contributed by atoms with E-state index in [1.165, 1.54) is 17.7 Å². The molecular formula is C18H27N3O4S. The van der Waals surface area contributed by atoms with Crippen molar-refractivity contribution in [3.05, 3.63) is 10.6 Å². The largest absolute Gasteiger partial charge is 0.477 e. The summed E-state index contributed by atoms with van der Waals surface area (Å²) in [5.41, 5.74) is 0.146. The third-order valence-electron chi connectivity index (χ3n) is 6.28. The van der Waals surface area contributed by atoms with Crippen molar-refractivity contribution in [2.75, 3.05) is 19.6 Å². The van der Waals surface area contributed by atoms with Gasteiger partial charge in [-0.2, -0.15) is 0 Å². The number of aliphatic carboxylic acids is 1. The summed E-state index contributed by atoms with van der Waals surface area (Å²) in [5, 5.41) is 26.8. The number of nitrogens with one attached hydrogen (secondary N) is 2. The number of amides is 1. The van der Waals surface area contributed by atoms with Gasteiger partial charge in [-0.1, -0.05) is 0 Å². The third-order valence-corrected chi connectivity index (χ3v) is 7.61. The van der Waals surface area contributed by atoms with Crippen LogP contribution in [0, 0.1) is 11.8 Å². The number of piperidine rings is 1. The molecule has 4 heterocycles. The Morgan fingerprint density at radius 3 is 2.73 bits per heavy atom. The third kappa shape index (κ3) is 3.06. The zero-order chi connectivity index (χ0) is 18.4. The lowest BCUT2D eigenvalue weighted by Gasteiger charge is -2.44. The Hall–Kier alpha value is -1.09. The van der Waals surface area contributed by atoms with E-state index >= 15 is 0 Å². The number of fused-ring (bicyclic) bond motifs is 1. The Kier molecular flexibility index (Phi) is 5.02. The van der Waals surface area contributed by atoms with Gasteiger partial charge in [0.15, 0.2) is 0 Å². The molecule has 3 saturated heterocycles. The van der Waals surface area contributed by atoms with E-state index < -0.39 is 18.0 Å². The minimum Gasteiger partial charge on any atom is -0.477 e. The molecule has 4 N–H and O–H groups in total. The van der Waals surface area contributed by atoms with E-state index in [9.17, 15) is 19.8 Å². The molecule has 4 aliphatic rings. The Bertz CT molecular complexity index is 632. The molecule has 0 bridgehead atoms. The van der Waals surface area contributed by atoms with Crippen LogP contribution in [0.15, 0.2) is 10.6 Å². The van der Waals surface area contributed by atoms with E-state index in [-0.39, 0.29) is 17.6 Å². The van der Waals surface area contributed by atoms with Gasteiger partial charge in [0.05, 0.1) is 18.1 Å². The molecule has 0 aromatic rings. The van der Waals surface area contributed by atoms with Gasteiger partial charge in [-0.25, -0.2) is 4.79 Å². The predicted octanol–water partition coefficient (Wildman–Crippen LogP) is 0.357. The lowest BCUT2D eigenvalue weighted by atomic mass is 9.83. The van der Waals surface area contributed by atoms with Crippen molar-refractivity contribution in [2.45, 2.75) is 56.0 Å². The molecule has 26 heavy (non-hydrogen) atoms. The van der Waals surface area contributed by atoms with Crippen LogP contribution in [0.2, 0.25) is 0 Å². The maximum atomic E-state index is 12.3. The molecule has 144 valence electrons. The van der Waals surface area contributed by atoms with E-state index in [4.69, 9.17) is 0 Å². The molecule has 0 aliphatic carbocycles. The average Bonchev–Trinajstić information content (AvgIpc) is 3.19. The highest BCUT2D eigenvalue weighted by Gasteiger charge is 2.57. The Morgan fingerprint density at radius 1 is 1.35 bits per heavy atom. The van der Waals surface area contributed by atoms with E-state index in [2.05, 4.69) is 10.6 Å². The SMILES string of the molecule is C[C@H](O)C1C(=O)N2C(C(=O)O)=C(S[C@@H]3CN[C@H](C4CCNCC4)C3)C[C@H]12. The van der Waals surface area contributed by atoms with Crippen LogP contribution < -0.4 is 10.6 Å². The second kappa shape index (κ2) is 7.14. The lowest BCUT2D eigenvalue weighted by Crippen LogP contribution is -2.61. The second-order valence-electron chi connectivity index (χ2n) is 7.90. The fraction of sp³-hybridized carbons (Fsp3) is 0.778. The normalized spacial score (nSPS) is 36.2. The first kappa shape index (κ1) is 18.3. The number of β-lactam (4-membered cyclic amide) rings is 1. The van der Waals surface area contributed by atoms with Crippen molar-refractivity contribution in [3.8, 4) is 0 Å². The summed E-state index contributed by atoms with van der Waals surface area (Å²) in [6.07, 6.45) is 3.25. The number of rotatable bonds is 5. The van der Waals surface area contributed by atoms with Gasteiger partial charge in [-0.3, -0.25) is 4.79 Å². The molecule has 8 heteroatoms. The molecule has 7 nitrogen and oxygen atoms in total. The van der Waals surface area contributed by atoms with Gasteiger partial charge in [-0.05, 0) is 45.2 Å². The fourth-order valence-corrected chi connectivity index (χ4v) is 6.42. The van der Waals surface area contributed by atoms with Crippen molar-refractivity contribution >= 4 is 23.6 Å². The van der Waals surface area contributed by atoms with E-state index in [0.717, 1.165) is 31.0 Å². The predicted molar refractivity (Wildman–Crippen MR) is 98.5 cm³/mol. The summed E-state index contributed by atoms with van der Waals surface area (Å²) in [4.78, 5) is 26.2. The standard InChI is InChI=1S/C18H27N3O4S/c1-9(22)15-13-7-14(16(18(24)25)21(13)17(15)23)26-11-6-12(20-8-11)10-2-4-19-5-3-10/h9-13,15,19-20,22H,2-8H2,1H3,(H,24,25)/t9-,11-,12-,13+,15?/m0/s1. The van der Waals surface area contributed by atoms with Crippen LogP contribution >= 0.6 is 11.8 Å². The first-order valence-corrected chi connectivity index (χ1v) is 10.4. The number of hydrogen-bond donors (Lipinski definition) is 4. The van der Waals surface area contributed by atoms with E-state index in [0.29, 0.717) is 23.6 Å². The maximum Gasteiger partial charge on any atom is 0.353 e. The fourth-order valence-electron chi connectivity index (χ4n) is 4.97. The lowest BCUT2D eigenvalue weighted by molar-refractivity contribution is -0.161. The summed E-state index contributed by atoms with van der Waals surface area (Å²) in [7, 11) is 0. The number of carboxylic acids is 1. The van der Waals surface area contributed by atoms with Crippen molar-refractivity contribution in [1.82, 2.24) is 15.5 Å². The number of carbonyl (C=O) groups is 2. The van der Waals surface area contributed by atoms with Crippen LogP contribution in [0.4, 0.5) is 0 Å². The molecule has 0 saturated carbocycles. The Labute approximate surface area is 157 Å². The Balaban J connectivity index is 1.43. The Morgan fingerprint density at radius 2 is 2.08 bits per heavy atom. The number of carboxylic acid groups (broad SMARTS) is 1. The van der Waals surface area contributed by atoms with E-state index in [1.54, 1.807) is 18.7 Å². The number of carbonyl (C=O) groups excluding carboxylic acids is 1. The molecule has 0 aromatic heterocycles. The molecule has 1 amide bonds. The minimum absolute atomic E-state index is 0.146. The summed E-state index contributed by atoms with van der Waals surface area (Å²) < 4.78 is 0. The average molecular weight is 381 g/mol. The highest BCUT2D eigenvalue weighted by Crippen LogP contribution is 2.48. The smallest absolute Gasteiger partial charge is 0.353 e. The highest BCUT2D eigenvalue weighted by molar-refractivity contribution is 8.03. The van der Waals surface area contributed by atoms with Gasteiger partial charge in [0.1, 0.15) is 5.70 Å². The van der Waals surface area contributed by atoms with Gasteiger partial charge in [0.2, 0.25) is 5.91 Å². The number of aliphatic hydroxyl groups excluding tert-OH is 1. The zero-order valence-electron chi connectivity index (χ0n) is 15.0. The van der Waals surface area contributed by atoms with Crippen molar-refractivity contribution < 1.29 is 19.8 Å². The van der Waals surface area contributed by atoms with Crippen LogP contribution in [-0.4, -0.2) is 70.1 Å². The molecule has 0 radical (unpaired) electrons. The summed E-state index contributed by atoms with van der Waals surface area (Å²) in [6.45, 7) is 4.65. The van der Waals surface area contributed by atoms with Gasteiger partial charge in [0.25, 0.3) is 0 Å². The number of aliphatic hydroxyl groups is 1. The molecule has 4 rings (SSSR count). The zero-order valence-corrected chi connectivity index (χ0v) is 15.8. The van der Waals surface area contributed by atoms with Gasteiger partial charge in [0, 0.05) is 29.2 Å². The molecule has 4 aliphatic heterocycles. The van der Waals surface area contributed by atoms with E-state index in [1.807, 2.05) is 0 Å². The molecule has 1 unspecified atom stereocenters. The molecule has 3 fully saturated rings. The summed E-state index contributed by atoms with van der Waals surface area (Å²) >= 11 is 1.63. The molecular weight excluding hydrogens is 354 g/mol. The van der Waals surface area contributed by atoms with Crippen LogP contribution in [0.1, 0.15) is 32.6 Å². The topological polar surface area (TPSA) is 102 Å². The summed E-state index contributed by atoms with van der Waals surface area (Å²) in [5.74, 6) is -1.06. The van der Waals surface area contributed by atoms with Crippen LogP contribution in [0.25, 0.3) is 0 Å². The minimum atomic E-state index is -1.03. The van der Waals surface area contributed by atoms with Crippen molar-refractivity contribution in [2.24, 2.45) is 11.8 Å². The first-order valence-electron chi connectivity index (χ1n) is 9.55. The number of hydrogen-bond acceptors (Lipinski definition) is 6. The molecule has 0 aromatic carbocycles. The highest BCUT2D eigenvalue weighted by atomic mass is 32.2. The van der Waals surface area contributed by atoms with Crippen LogP contribution in [-0.2, 0) is 9.59 Å². The maximum absolute atomic E-state index is 12.3. The summed E-state index contributed by atoms with van der Waals surface area (Å²) in [6, 6.07) is 0.319. The van der Waals surface area contributed by atoms with Gasteiger partial charge >= 0.3 is 5.97 Å². The van der Waals surface area contributed by atoms with Crippen molar-refractivity contribution in [1.29, 1.82) is 0 Å². The quantitative estimate of drug-likeness (QED) is 0.510. The van der Waals surface area contributed by atoms with Crippen molar-refractivity contribution in [3.63, 3.8) is 0 Å². The second-order valence-corrected chi connectivity index (χ2v) is 9.30. The van der Waals surface area contributed by atoms with Gasteiger partial charge in [-0.15, -0.1) is 11.8 Å². The number of thioether (sulfide) groups is 1. The molecule has 0 spiro atoms.